The molecule has 1 aliphatic heterocycles. The maximum atomic E-state index is 11.9. The third kappa shape index (κ3) is 3.65. The molecule has 1 aromatic heterocycles. The van der Waals surface area contributed by atoms with Gasteiger partial charge in [-0.15, -0.1) is 5.10 Å². The van der Waals surface area contributed by atoms with Gasteiger partial charge in [-0.25, -0.2) is 4.68 Å². The van der Waals surface area contributed by atoms with Gasteiger partial charge in [0.25, 0.3) is 0 Å². The first-order valence-corrected chi connectivity index (χ1v) is 9.19. The molecule has 0 spiro atoms. The van der Waals surface area contributed by atoms with Crippen molar-refractivity contribution in [1.82, 2.24) is 19.9 Å². The molecule has 0 radical (unpaired) electrons. The van der Waals surface area contributed by atoms with Gasteiger partial charge in [-0.2, -0.15) is 0 Å². The van der Waals surface area contributed by atoms with Crippen LogP contribution in [0.2, 0.25) is 0 Å². The Balaban J connectivity index is 1.48. The van der Waals surface area contributed by atoms with Crippen LogP contribution in [0.15, 0.2) is 42.6 Å². The number of likely N-dealkylation sites (tertiary alicyclic amines) is 1. The van der Waals surface area contributed by atoms with Gasteiger partial charge in [0.1, 0.15) is 0 Å². The molecule has 0 saturated carbocycles. The molecule has 5 nitrogen and oxygen atoms in total. The van der Waals surface area contributed by atoms with Crippen molar-refractivity contribution in [2.24, 2.45) is 0 Å². The van der Waals surface area contributed by atoms with Gasteiger partial charge < -0.3 is 4.90 Å². The van der Waals surface area contributed by atoms with Gasteiger partial charge in [0.2, 0.25) is 5.91 Å². The smallest absolute Gasteiger partial charge is 0.222 e. The number of aromatic nitrogens is 3. The molecule has 25 heavy (non-hydrogen) atoms. The lowest BCUT2D eigenvalue weighted by Gasteiger charge is -2.18. The highest BCUT2D eigenvalue weighted by molar-refractivity contribution is 5.78. The maximum absolute atomic E-state index is 11.9. The van der Waals surface area contributed by atoms with E-state index in [9.17, 15) is 4.79 Å². The summed E-state index contributed by atoms with van der Waals surface area (Å²) in [5.74, 6) is 0.763. The molecule has 2 heterocycles. The minimum absolute atomic E-state index is 0.267. The summed E-state index contributed by atoms with van der Waals surface area (Å²) in [4.78, 5) is 13.9. The van der Waals surface area contributed by atoms with Gasteiger partial charge in [-0.1, -0.05) is 41.6 Å². The second kappa shape index (κ2) is 7.21. The van der Waals surface area contributed by atoms with E-state index in [2.05, 4.69) is 46.9 Å². The first-order valence-electron chi connectivity index (χ1n) is 9.19. The first-order chi connectivity index (χ1) is 12.3. The lowest BCUT2D eigenvalue weighted by molar-refractivity contribution is -0.128. The summed E-state index contributed by atoms with van der Waals surface area (Å²) in [6.07, 6.45) is 11.6. The molecule has 4 rings (SSSR count). The molecule has 1 atom stereocenters. The second-order valence-corrected chi connectivity index (χ2v) is 7.01. The fourth-order valence-corrected chi connectivity index (χ4v) is 3.76. The van der Waals surface area contributed by atoms with E-state index in [1.807, 2.05) is 15.6 Å². The summed E-state index contributed by atoms with van der Waals surface area (Å²) in [7, 11) is 0. The average molecular weight is 336 g/mol. The minimum Gasteiger partial charge on any atom is -0.338 e. The lowest BCUT2D eigenvalue weighted by atomic mass is 9.92. The summed E-state index contributed by atoms with van der Waals surface area (Å²) in [5, 5.41) is 8.73. The number of allylic oxidation sites excluding steroid dienone is 2. The predicted molar refractivity (Wildman–Crippen MR) is 95.9 cm³/mol. The van der Waals surface area contributed by atoms with Crippen molar-refractivity contribution in [3.8, 4) is 0 Å². The van der Waals surface area contributed by atoms with E-state index in [0.717, 1.165) is 37.9 Å². The molecule has 1 fully saturated rings. The van der Waals surface area contributed by atoms with Crippen molar-refractivity contribution in [3.05, 3.63) is 59.4 Å². The summed E-state index contributed by atoms with van der Waals surface area (Å²) in [6.45, 7) is 2.27. The molecule has 1 saturated heterocycles. The summed E-state index contributed by atoms with van der Waals surface area (Å²) in [6, 6.07) is 8.33. The number of amides is 1. The van der Waals surface area contributed by atoms with Gasteiger partial charge in [0.15, 0.2) is 0 Å². The molecule has 1 aromatic carbocycles. The Morgan fingerprint density at radius 3 is 2.68 bits per heavy atom. The van der Waals surface area contributed by atoms with Crippen molar-refractivity contribution in [3.63, 3.8) is 0 Å². The quantitative estimate of drug-likeness (QED) is 0.788. The lowest BCUT2D eigenvalue weighted by Crippen LogP contribution is -2.24. The zero-order chi connectivity index (χ0) is 17.1. The van der Waals surface area contributed by atoms with Crippen molar-refractivity contribution < 1.29 is 4.79 Å². The zero-order valence-electron chi connectivity index (χ0n) is 14.5. The van der Waals surface area contributed by atoms with Crippen molar-refractivity contribution >= 4 is 5.91 Å². The van der Waals surface area contributed by atoms with Crippen LogP contribution in [0, 0.1) is 0 Å². The van der Waals surface area contributed by atoms with Crippen LogP contribution < -0.4 is 0 Å². The highest BCUT2D eigenvalue weighted by Gasteiger charge is 2.21. The molecule has 5 heteroatoms. The van der Waals surface area contributed by atoms with Gasteiger partial charge in [-0.3, -0.25) is 4.79 Å². The number of benzene rings is 1. The molecule has 130 valence electrons. The topological polar surface area (TPSA) is 51.0 Å². The number of nitrogens with zero attached hydrogens (tertiary/aromatic N) is 4. The molecule has 1 unspecified atom stereocenters. The Bertz CT molecular complexity index is 780. The zero-order valence-corrected chi connectivity index (χ0v) is 14.5. The largest absolute Gasteiger partial charge is 0.338 e. The molecule has 2 aromatic rings. The van der Waals surface area contributed by atoms with Crippen LogP contribution in [0.25, 0.3) is 0 Å². The summed E-state index contributed by atoms with van der Waals surface area (Å²) in [5.41, 5.74) is 3.51. The Kier molecular flexibility index (Phi) is 4.63. The summed E-state index contributed by atoms with van der Waals surface area (Å²) >= 11 is 0. The van der Waals surface area contributed by atoms with Gasteiger partial charge in [0.05, 0.1) is 12.2 Å². The van der Waals surface area contributed by atoms with Crippen LogP contribution in [0.4, 0.5) is 0 Å². The second-order valence-electron chi connectivity index (χ2n) is 7.01. The predicted octanol–water partition coefficient (Wildman–Crippen LogP) is 3.27. The van der Waals surface area contributed by atoms with Crippen molar-refractivity contribution in [2.45, 2.75) is 51.1 Å². The number of carbonyl (C=O) groups is 1. The number of carbonyl (C=O) groups excluding carboxylic acids is 1. The van der Waals surface area contributed by atoms with E-state index in [4.69, 9.17) is 0 Å². The number of rotatable bonds is 5. The van der Waals surface area contributed by atoms with Crippen LogP contribution in [0.3, 0.4) is 0 Å². The molecule has 0 bridgehead atoms. The van der Waals surface area contributed by atoms with Gasteiger partial charge in [0, 0.05) is 31.6 Å². The van der Waals surface area contributed by atoms with E-state index in [1.165, 1.54) is 11.1 Å². The van der Waals surface area contributed by atoms with E-state index in [1.54, 1.807) is 0 Å². The fourth-order valence-electron chi connectivity index (χ4n) is 3.76. The van der Waals surface area contributed by atoms with Crippen LogP contribution in [-0.2, 0) is 17.9 Å². The first kappa shape index (κ1) is 16.1. The molecule has 1 amide bonds. The summed E-state index contributed by atoms with van der Waals surface area (Å²) < 4.78 is 1.93. The Hall–Kier alpha value is -2.43. The van der Waals surface area contributed by atoms with E-state index >= 15 is 0 Å². The molecule has 1 aliphatic carbocycles. The highest BCUT2D eigenvalue weighted by atomic mass is 16.2. The van der Waals surface area contributed by atoms with Crippen LogP contribution in [-0.4, -0.2) is 32.3 Å². The van der Waals surface area contributed by atoms with Crippen LogP contribution in [0.1, 0.15) is 54.8 Å². The molecular weight excluding hydrogens is 312 g/mol. The molecular formula is C20H24N4O. The van der Waals surface area contributed by atoms with E-state index < -0.39 is 0 Å². The molecule has 2 aliphatic rings. The van der Waals surface area contributed by atoms with E-state index in [-0.39, 0.29) is 5.91 Å². The van der Waals surface area contributed by atoms with Gasteiger partial charge in [-0.05, 0) is 36.8 Å². The molecule has 0 N–H and O–H groups in total. The number of hydrogen-bond donors (Lipinski definition) is 0. The third-order valence-electron chi connectivity index (χ3n) is 5.23. The number of hydrogen-bond acceptors (Lipinski definition) is 3. The van der Waals surface area contributed by atoms with Crippen LogP contribution >= 0.6 is 0 Å². The Morgan fingerprint density at radius 2 is 1.96 bits per heavy atom. The average Bonchev–Trinajstić information content (AvgIpc) is 3.27. The minimum atomic E-state index is 0.267. The standard InChI is InChI=1S/C20H24N4O/c25-20-11-6-12-23(20)13-17-9-4-5-10-18(17)14-24-15-19(21-22-24)16-7-2-1-3-8-16/h1-2,4-5,9-10,15-16H,3,6-8,11-14H2. The van der Waals surface area contributed by atoms with Crippen molar-refractivity contribution in [2.75, 3.05) is 6.54 Å². The highest BCUT2D eigenvalue weighted by Crippen LogP contribution is 2.27. The Morgan fingerprint density at radius 1 is 1.12 bits per heavy atom. The fraction of sp³-hybridized carbons (Fsp3) is 0.450. The Labute approximate surface area is 148 Å². The SMILES string of the molecule is O=C1CCCN1Cc1ccccc1Cn1cc(C2CC=CCC2)nn1. The third-order valence-corrected chi connectivity index (χ3v) is 5.23. The van der Waals surface area contributed by atoms with Crippen molar-refractivity contribution in [1.29, 1.82) is 0 Å². The van der Waals surface area contributed by atoms with E-state index in [0.29, 0.717) is 25.4 Å². The van der Waals surface area contributed by atoms with Gasteiger partial charge >= 0.3 is 0 Å². The normalized spacial score (nSPS) is 20.4. The maximum Gasteiger partial charge on any atom is 0.222 e. The monoisotopic (exact) mass is 336 g/mol. The van der Waals surface area contributed by atoms with Crippen LogP contribution in [0.5, 0.6) is 0 Å².